The van der Waals surface area contributed by atoms with E-state index in [9.17, 15) is 9.90 Å². The van der Waals surface area contributed by atoms with E-state index in [4.69, 9.17) is 17.0 Å². The number of ether oxygens (including phenoxy) is 1. The molecule has 0 aromatic heterocycles. The molecule has 0 aliphatic heterocycles. The molecule has 2 rings (SSSR count). The minimum Gasteiger partial charge on any atom is -0.506 e. The Bertz CT molecular complexity index is 714. The van der Waals surface area contributed by atoms with Crippen molar-refractivity contribution in [3.63, 3.8) is 0 Å². The van der Waals surface area contributed by atoms with Gasteiger partial charge in [-0.05, 0) is 54.5 Å². The third-order valence-electron chi connectivity index (χ3n) is 3.08. The number of aromatic hydroxyl groups is 1. The molecule has 0 bridgehead atoms. The van der Waals surface area contributed by atoms with Crippen LogP contribution in [0.15, 0.2) is 48.5 Å². The molecular formula is C18H20N2O3S. The van der Waals surface area contributed by atoms with Crippen LogP contribution in [0.3, 0.4) is 0 Å². The lowest BCUT2D eigenvalue weighted by molar-refractivity contribution is 0.0977. The van der Waals surface area contributed by atoms with Gasteiger partial charge in [-0.25, -0.2) is 0 Å². The first-order valence-corrected chi connectivity index (χ1v) is 7.99. The lowest BCUT2D eigenvalue weighted by atomic mass is 10.2. The second kappa shape index (κ2) is 8.31. The molecule has 0 fully saturated rings. The maximum atomic E-state index is 12.2. The SMILES string of the molecule is CC(C)COc1ccc(C(=O)NC(=S)Nc2ccccc2O)cc1. The van der Waals surface area contributed by atoms with Gasteiger partial charge in [0, 0.05) is 5.56 Å². The third kappa shape index (κ3) is 5.24. The molecule has 126 valence electrons. The van der Waals surface area contributed by atoms with E-state index >= 15 is 0 Å². The maximum Gasteiger partial charge on any atom is 0.257 e. The number of hydrogen-bond acceptors (Lipinski definition) is 4. The van der Waals surface area contributed by atoms with Gasteiger partial charge in [-0.1, -0.05) is 26.0 Å². The quantitative estimate of drug-likeness (QED) is 0.571. The zero-order valence-electron chi connectivity index (χ0n) is 13.6. The van der Waals surface area contributed by atoms with Crippen molar-refractivity contribution in [3.8, 4) is 11.5 Å². The van der Waals surface area contributed by atoms with Gasteiger partial charge >= 0.3 is 0 Å². The lowest BCUT2D eigenvalue weighted by Gasteiger charge is -2.11. The van der Waals surface area contributed by atoms with Crippen molar-refractivity contribution in [2.75, 3.05) is 11.9 Å². The average Bonchev–Trinajstić information content (AvgIpc) is 2.55. The summed E-state index contributed by atoms with van der Waals surface area (Å²) in [5, 5.41) is 15.1. The van der Waals surface area contributed by atoms with Crippen LogP contribution in [0.25, 0.3) is 0 Å². The first-order valence-electron chi connectivity index (χ1n) is 7.59. The molecule has 0 unspecified atom stereocenters. The number of phenolic OH excluding ortho intramolecular Hbond substituents is 1. The van der Waals surface area contributed by atoms with E-state index in [1.54, 1.807) is 42.5 Å². The zero-order chi connectivity index (χ0) is 17.5. The van der Waals surface area contributed by atoms with Gasteiger partial charge in [-0.3, -0.25) is 10.1 Å². The van der Waals surface area contributed by atoms with Gasteiger partial charge in [-0.2, -0.15) is 0 Å². The second-order valence-corrected chi connectivity index (χ2v) is 6.06. The summed E-state index contributed by atoms with van der Waals surface area (Å²) in [5.41, 5.74) is 0.897. The summed E-state index contributed by atoms with van der Waals surface area (Å²) in [6.45, 7) is 4.76. The smallest absolute Gasteiger partial charge is 0.257 e. The number of benzene rings is 2. The summed E-state index contributed by atoms with van der Waals surface area (Å²) in [6.07, 6.45) is 0. The Morgan fingerprint density at radius 1 is 1.17 bits per heavy atom. The molecule has 0 spiro atoms. The summed E-state index contributed by atoms with van der Waals surface area (Å²) >= 11 is 5.09. The van der Waals surface area contributed by atoms with E-state index in [1.807, 2.05) is 0 Å². The highest BCUT2D eigenvalue weighted by atomic mass is 32.1. The Morgan fingerprint density at radius 2 is 1.83 bits per heavy atom. The monoisotopic (exact) mass is 344 g/mol. The van der Waals surface area contributed by atoms with Crippen LogP contribution in [0.1, 0.15) is 24.2 Å². The number of anilines is 1. The molecule has 0 radical (unpaired) electrons. The Balaban J connectivity index is 1.92. The van der Waals surface area contributed by atoms with Crippen LogP contribution in [0.5, 0.6) is 11.5 Å². The minimum absolute atomic E-state index is 0.0563. The molecular weight excluding hydrogens is 324 g/mol. The van der Waals surface area contributed by atoms with Crippen molar-refractivity contribution < 1.29 is 14.6 Å². The van der Waals surface area contributed by atoms with E-state index in [0.717, 1.165) is 5.75 Å². The topological polar surface area (TPSA) is 70.6 Å². The molecule has 5 nitrogen and oxygen atoms in total. The number of carbonyl (C=O) groups is 1. The van der Waals surface area contributed by atoms with Crippen molar-refractivity contribution in [3.05, 3.63) is 54.1 Å². The summed E-state index contributed by atoms with van der Waals surface area (Å²) in [4.78, 5) is 12.2. The van der Waals surface area contributed by atoms with Crippen LogP contribution in [-0.4, -0.2) is 22.7 Å². The number of hydrogen-bond donors (Lipinski definition) is 3. The summed E-state index contributed by atoms with van der Waals surface area (Å²) in [7, 11) is 0. The van der Waals surface area contributed by atoms with E-state index < -0.39 is 0 Å². The summed E-state index contributed by atoms with van der Waals surface area (Å²) < 4.78 is 5.58. The molecule has 0 saturated heterocycles. The Labute approximate surface area is 146 Å². The van der Waals surface area contributed by atoms with Gasteiger partial charge in [0.1, 0.15) is 11.5 Å². The van der Waals surface area contributed by atoms with Gasteiger partial charge in [0.05, 0.1) is 12.3 Å². The number of thiocarbonyl (C=S) groups is 1. The van der Waals surface area contributed by atoms with Crippen molar-refractivity contribution in [2.45, 2.75) is 13.8 Å². The predicted octanol–water partition coefficient (Wildman–Crippen LogP) is 3.55. The van der Waals surface area contributed by atoms with Crippen molar-refractivity contribution in [1.29, 1.82) is 0 Å². The number of nitrogens with one attached hydrogen (secondary N) is 2. The fourth-order valence-electron chi connectivity index (χ4n) is 1.87. The van der Waals surface area contributed by atoms with Crippen molar-refractivity contribution in [1.82, 2.24) is 5.32 Å². The Morgan fingerprint density at radius 3 is 2.46 bits per heavy atom. The molecule has 6 heteroatoms. The first kappa shape index (κ1) is 17.7. The number of amides is 1. The van der Waals surface area contributed by atoms with Gasteiger partial charge < -0.3 is 15.2 Å². The molecule has 3 N–H and O–H groups in total. The average molecular weight is 344 g/mol. The normalized spacial score (nSPS) is 10.3. The van der Waals surface area contributed by atoms with E-state index in [1.165, 1.54) is 6.07 Å². The summed E-state index contributed by atoms with van der Waals surface area (Å²) in [6, 6.07) is 13.5. The van der Waals surface area contributed by atoms with Gasteiger partial charge in [0.25, 0.3) is 5.91 Å². The van der Waals surface area contributed by atoms with E-state index in [-0.39, 0.29) is 16.8 Å². The zero-order valence-corrected chi connectivity index (χ0v) is 14.4. The van der Waals surface area contributed by atoms with Crippen LogP contribution in [-0.2, 0) is 0 Å². The molecule has 24 heavy (non-hydrogen) atoms. The maximum absolute atomic E-state index is 12.2. The lowest BCUT2D eigenvalue weighted by Crippen LogP contribution is -2.34. The highest BCUT2D eigenvalue weighted by molar-refractivity contribution is 7.80. The van der Waals surface area contributed by atoms with Crippen molar-refractivity contribution >= 4 is 28.9 Å². The summed E-state index contributed by atoms with van der Waals surface area (Å²) in [5.74, 6) is 0.875. The number of para-hydroxylation sites is 2. The van der Waals surface area contributed by atoms with Gasteiger partial charge in [0.2, 0.25) is 0 Å². The molecule has 0 atom stereocenters. The van der Waals surface area contributed by atoms with Crippen LogP contribution in [0.2, 0.25) is 0 Å². The molecule has 2 aromatic carbocycles. The van der Waals surface area contributed by atoms with Crippen LogP contribution in [0, 0.1) is 5.92 Å². The van der Waals surface area contributed by atoms with Crippen LogP contribution < -0.4 is 15.4 Å². The van der Waals surface area contributed by atoms with E-state index in [0.29, 0.717) is 23.8 Å². The second-order valence-electron chi connectivity index (χ2n) is 5.65. The van der Waals surface area contributed by atoms with Crippen LogP contribution >= 0.6 is 12.2 Å². The van der Waals surface area contributed by atoms with Crippen molar-refractivity contribution in [2.24, 2.45) is 5.92 Å². The molecule has 0 heterocycles. The van der Waals surface area contributed by atoms with E-state index in [2.05, 4.69) is 24.5 Å². The standard InChI is InChI=1S/C18H20N2O3S/c1-12(2)11-23-14-9-7-13(8-10-14)17(22)20-18(24)19-15-5-3-4-6-16(15)21/h3-10,12,21H,11H2,1-2H3,(H2,19,20,22,24). The van der Waals surface area contributed by atoms with Gasteiger partial charge in [-0.15, -0.1) is 0 Å². The number of rotatable bonds is 5. The fourth-order valence-corrected chi connectivity index (χ4v) is 2.08. The molecule has 0 saturated carbocycles. The highest BCUT2D eigenvalue weighted by Gasteiger charge is 2.09. The fraction of sp³-hybridized carbons (Fsp3) is 0.222. The number of phenols is 1. The molecule has 0 aliphatic rings. The molecule has 2 aromatic rings. The molecule has 1 amide bonds. The highest BCUT2D eigenvalue weighted by Crippen LogP contribution is 2.21. The van der Waals surface area contributed by atoms with Gasteiger partial charge in [0.15, 0.2) is 5.11 Å². The molecule has 0 aliphatic carbocycles. The van der Waals surface area contributed by atoms with Crippen LogP contribution in [0.4, 0.5) is 5.69 Å². The predicted molar refractivity (Wildman–Crippen MR) is 98.6 cm³/mol. The number of carbonyl (C=O) groups excluding carboxylic acids is 1. The third-order valence-corrected chi connectivity index (χ3v) is 3.28. The largest absolute Gasteiger partial charge is 0.506 e. The Hall–Kier alpha value is -2.60. The minimum atomic E-state index is -0.335. The first-order chi connectivity index (χ1) is 11.5. The Kier molecular flexibility index (Phi) is 6.14.